The van der Waals surface area contributed by atoms with Gasteiger partial charge in [0.1, 0.15) is 5.69 Å². The Bertz CT molecular complexity index is 429. The van der Waals surface area contributed by atoms with Crippen LogP contribution in [-0.2, 0) is 4.74 Å². The highest BCUT2D eigenvalue weighted by atomic mass is 32.1. The summed E-state index contributed by atoms with van der Waals surface area (Å²) < 4.78 is 4.82. The van der Waals surface area contributed by atoms with E-state index in [4.69, 9.17) is 4.74 Å². The van der Waals surface area contributed by atoms with Gasteiger partial charge in [0.25, 0.3) is 5.91 Å². The second kappa shape index (κ2) is 6.49. The Kier molecular flexibility index (Phi) is 5.27. The molecule has 1 atom stereocenters. The molecular formula is C12H18N2O3S. The van der Waals surface area contributed by atoms with Crippen molar-refractivity contribution in [2.45, 2.75) is 33.7 Å². The van der Waals surface area contributed by atoms with Crippen LogP contribution < -0.4 is 5.32 Å². The van der Waals surface area contributed by atoms with Crippen molar-refractivity contribution >= 4 is 23.2 Å². The number of rotatable bonds is 5. The molecule has 0 bridgehead atoms. The molecule has 5 nitrogen and oxygen atoms in total. The molecule has 0 aromatic carbocycles. The van der Waals surface area contributed by atoms with E-state index >= 15 is 0 Å². The van der Waals surface area contributed by atoms with Crippen molar-refractivity contribution in [3.8, 4) is 0 Å². The lowest BCUT2D eigenvalue weighted by Gasteiger charge is -2.16. The quantitative estimate of drug-likeness (QED) is 0.832. The van der Waals surface area contributed by atoms with Crippen LogP contribution in [0.25, 0.3) is 0 Å². The molecule has 0 spiro atoms. The Labute approximate surface area is 111 Å². The largest absolute Gasteiger partial charge is 0.461 e. The van der Waals surface area contributed by atoms with Gasteiger partial charge in [-0.15, -0.1) is 11.3 Å². The van der Waals surface area contributed by atoms with Crippen molar-refractivity contribution < 1.29 is 14.3 Å². The van der Waals surface area contributed by atoms with E-state index in [1.807, 2.05) is 20.8 Å². The van der Waals surface area contributed by atoms with Crippen LogP contribution in [0.4, 0.5) is 0 Å². The standard InChI is InChI=1S/C12H18N2O3S/c1-5-17-12(16)11-14-9(6-18-11)10(15)13-8(4)7(2)3/h6-8H,5H2,1-4H3,(H,13,15). The Morgan fingerprint density at radius 3 is 2.67 bits per heavy atom. The third kappa shape index (κ3) is 3.80. The van der Waals surface area contributed by atoms with Crippen LogP contribution >= 0.6 is 11.3 Å². The number of hydrogen-bond acceptors (Lipinski definition) is 5. The van der Waals surface area contributed by atoms with Gasteiger partial charge in [-0.05, 0) is 19.8 Å². The van der Waals surface area contributed by atoms with Crippen LogP contribution in [0.15, 0.2) is 5.38 Å². The number of carbonyl (C=O) groups is 2. The number of nitrogens with one attached hydrogen (secondary N) is 1. The Morgan fingerprint density at radius 1 is 1.44 bits per heavy atom. The zero-order valence-electron chi connectivity index (χ0n) is 11.0. The van der Waals surface area contributed by atoms with Crippen molar-refractivity contribution in [2.75, 3.05) is 6.61 Å². The van der Waals surface area contributed by atoms with E-state index in [0.29, 0.717) is 12.5 Å². The number of hydrogen-bond donors (Lipinski definition) is 1. The maximum atomic E-state index is 11.8. The van der Waals surface area contributed by atoms with Gasteiger partial charge < -0.3 is 10.1 Å². The summed E-state index contributed by atoms with van der Waals surface area (Å²) in [6.45, 7) is 8.00. The fourth-order valence-corrected chi connectivity index (χ4v) is 1.80. The number of nitrogens with zero attached hydrogens (tertiary/aromatic N) is 1. The molecule has 100 valence electrons. The molecule has 1 N–H and O–H groups in total. The topological polar surface area (TPSA) is 68.3 Å². The Morgan fingerprint density at radius 2 is 2.11 bits per heavy atom. The minimum atomic E-state index is -0.488. The molecule has 1 rings (SSSR count). The first-order valence-corrected chi connectivity index (χ1v) is 6.77. The summed E-state index contributed by atoms with van der Waals surface area (Å²) in [6, 6.07) is 0.0604. The van der Waals surface area contributed by atoms with Crippen LogP contribution in [0.2, 0.25) is 0 Å². The summed E-state index contributed by atoms with van der Waals surface area (Å²) in [7, 11) is 0. The number of esters is 1. The second-order valence-electron chi connectivity index (χ2n) is 4.26. The van der Waals surface area contributed by atoms with Gasteiger partial charge in [0.2, 0.25) is 5.01 Å². The lowest BCUT2D eigenvalue weighted by molar-refractivity contribution is 0.0526. The van der Waals surface area contributed by atoms with Gasteiger partial charge in [0.05, 0.1) is 6.61 Å². The molecular weight excluding hydrogens is 252 g/mol. The summed E-state index contributed by atoms with van der Waals surface area (Å²) in [5.74, 6) is -0.404. The molecule has 0 fully saturated rings. The summed E-state index contributed by atoms with van der Waals surface area (Å²) in [6.07, 6.45) is 0. The predicted molar refractivity (Wildman–Crippen MR) is 69.8 cm³/mol. The molecule has 1 aromatic heterocycles. The minimum Gasteiger partial charge on any atom is -0.461 e. The summed E-state index contributed by atoms with van der Waals surface area (Å²) >= 11 is 1.11. The van der Waals surface area contributed by atoms with Crippen LogP contribution in [0.5, 0.6) is 0 Å². The predicted octanol–water partition coefficient (Wildman–Crippen LogP) is 2.09. The molecule has 0 aliphatic rings. The summed E-state index contributed by atoms with van der Waals surface area (Å²) in [5, 5.41) is 4.60. The lowest BCUT2D eigenvalue weighted by Crippen LogP contribution is -2.36. The smallest absolute Gasteiger partial charge is 0.367 e. The van der Waals surface area contributed by atoms with Crippen LogP contribution in [0.3, 0.4) is 0 Å². The SMILES string of the molecule is CCOC(=O)c1nc(C(=O)NC(C)C(C)C)cs1. The van der Waals surface area contributed by atoms with Crippen molar-refractivity contribution in [3.05, 3.63) is 16.1 Å². The van der Waals surface area contributed by atoms with Crippen molar-refractivity contribution in [1.82, 2.24) is 10.3 Å². The summed E-state index contributed by atoms with van der Waals surface area (Å²) in [4.78, 5) is 27.2. The van der Waals surface area contributed by atoms with E-state index in [9.17, 15) is 9.59 Å². The molecule has 1 heterocycles. The highest BCUT2D eigenvalue weighted by Gasteiger charge is 2.18. The third-order valence-electron chi connectivity index (χ3n) is 2.55. The minimum absolute atomic E-state index is 0.0604. The normalized spacial score (nSPS) is 12.3. The lowest BCUT2D eigenvalue weighted by atomic mass is 10.1. The van der Waals surface area contributed by atoms with E-state index < -0.39 is 5.97 Å². The number of thiazole rings is 1. The maximum absolute atomic E-state index is 11.8. The molecule has 0 aliphatic carbocycles. The molecule has 0 saturated heterocycles. The molecule has 0 radical (unpaired) electrons. The van der Waals surface area contributed by atoms with Crippen molar-refractivity contribution in [1.29, 1.82) is 0 Å². The van der Waals surface area contributed by atoms with Gasteiger partial charge in [-0.1, -0.05) is 13.8 Å². The molecule has 1 amide bonds. The first-order chi connectivity index (χ1) is 8.45. The number of carbonyl (C=O) groups excluding carboxylic acids is 2. The van der Waals surface area contributed by atoms with Crippen LogP contribution in [0.1, 0.15) is 48.0 Å². The van der Waals surface area contributed by atoms with E-state index in [2.05, 4.69) is 10.3 Å². The number of amides is 1. The second-order valence-corrected chi connectivity index (χ2v) is 5.12. The van der Waals surface area contributed by atoms with Crippen LogP contribution in [0, 0.1) is 5.92 Å². The third-order valence-corrected chi connectivity index (χ3v) is 3.37. The van der Waals surface area contributed by atoms with Gasteiger partial charge in [0, 0.05) is 11.4 Å². The average molecular weight is 270 g/mol. The monoisotopic (exact) mass is 270 g/mol. The zero-order valence-corrected chi connectivity index (χ0v) is 11.8. The first-order valence-electron chi connectivity index (χ1n) is 5.89. The van der Waals surface area contributed by atoms with E-state index in [1.165, 1.54) is 0 Å². The van der Waals surface area contributed by atoms with Gasteiger partial charge in [0.15, 0.2) is 0 Å². The summed E-state index contributed by atoms with van der Waals surface area (Å²) in [5.41, 5.74) is 0.260. The van der Waals surface area contributed by atoms with Crippen LogP contribution in [-0.4, -0.2) is 29.5 Å². The highest BCUT2D eigenvalue weighted by molar-refractivity contribution is 7.11. The number of aromatic nitrogens is 1. The zero-order chi connectivity index (χ0) is 13.7. The van der Waals surface area contributed by atoms with Gasteiger partial charge in [-0.3, -0.25) is 4.79 Å². The highest BCUT2D eigenvalue weighted by Crippen LogP contribution is 2.12. The Balaban J connectivity index is 2.68. The molecule has 0 aliphatic heterocycles. The molecule has 1 aromatic rings. The molecule has 18 heavy (non-hydrogen) atoms. The first kappa shape index (κ1) is 14.6. The molecule has 1 unspecified atom stereocenters. The molecule has 6 heteroatoms. The van der Waals surface area contributed by atoms with Gasteiger partial charge in [-0.2, -0.15) is 0 Å². The maximum Gasteiger partial charge on any atom is 0.367 e. The average Bonchev–Trinajstić information content (AvgIpc) is 2.78. The van der Waals surface area contributed by atoms with E-state index in [-0.39, 0.29) is 22.7 Å². The van der Waals surface area contributed by atoms with E-state index in [0.717, 1.165) is 11.3 Å². The fourth-order valence-electron chi connectivity index (χ4n) is 1.11. The Hall–Kier alpha value is -1.43. The fraction of sp³-hybridized carbons (Fsp3) is 0.583. The van der Waals surface area contributed by atoms with Crippen molar-refractivity contribution in [2.24, 2.45) is 5.92 Å². The number of ether oxygens (including phenoxy) is 1. The van der Waals surface area contributed by atoms with Gasteiger partial charge in [-0.25, -0.2) is 9.78 Å². The van der Waals surface area contributed by atoms with Gasteiger partial charge >= 0.3 is 5.97 Å². The van der Waals surface area contributed by atoms with E-state index in [1.54, 1.807) is 12.3 Å². The van der Waals surface area contributed by atoms with Crippen molar-refractivity contribution in [3.63, 3.8) is 0 Å². The molecule has 0 saturated carbocycles.